The fourth-order valence-corrected chi connectivity index (χ4v) is 2.56. The number of rotatable bonds is 6. The number of Topliss-reactive ketones (excluding diaryl/α,β-unsaturated/α-hetero) is 1. The molecule has 5 heteroatoms. The number of carbonyl (C=O) groups excluding carboxylic acids is 1. The third-order valence-corrected chi connectivity index (χ3v) is 4.93. The number of nitrogens with zero attached hydrogens (tertiary/aromatic N) is 1. The highest BCUT2D eigenvalue weighted by Gasteiger charge is 2.15. The van der Waals surface area contributed by atoms with Gasteiger partial charge < -0.3 is 4.57 Å². The van der Waals surface area contributed by atoms with Crippen LogP contribution >= 0.6 is 11.6 Å². The highest BCUT2D eigenvalue weighted by atomic mass is 35.5. The molecule has 1 aromatic rings. The first-order valence-electron chi connectivity index (χ1n) is 5.96. The summed E-state index contributed by atoms with van der Waals surface area (Å²) >= 11 is 5.59. The number of aryl methyl sites for hydroxylation is 1. The molecule has 0 aliphatic heterocycles. The van der Waals surface area contributed by atoms with E-state index >= 15 is 0 Å². The summed E-state index contributed by atoms with van der Waals surface area (Å²) in [6.45, 7) is 6.68. The molecule has 0 fully saturated rings. The molecule has 0 N–H and O–H groups in total. The van der Waals surface area contributed by atoms with E-state index in [2.05, 4.69) is 4.57 Å². The van der Waals surface area contributed by atoms with E-state index in [1.165, 1.54) is 0 Å². The summed E-state index contributed by atoms with van der Waals surface area (Å²) in [5, 5.41) is 0.165. The quantitative estimate of drug-likeness (QED) is 0.597. The summed E-state index contributed by atoms with van der Waals surface area (Å²) < 4.78 is 13.4. The van der Waals surface area contributed by atoms with Crippen LogP contribution in [-0.2, 0) is 17.3 Å². The third-order valence-electron chi connectivity index (χ3n) is 3.32. The molecule has 1 aromatic heterocycles. The van der Waals surface area contributed by atoms with E-state index < -0.39 is 10.8 Å². The molecule has 0 aliphatic rings. The van der Waals surface area contributed by atoms with E-state index in [1.54, 1.807) is 6.26 Å². The zero-order chi connectivity index (χ0) is 13.9. The Bertz CT molecular complexity index is 468. The Kier molecular flexibility index (Phi) is 5.60. The van der Waals surface area contributed by atoms with Crippen LogP contribution in [0.3, 0.4) is 0 Å². The van der Waals surface area contributed by atoms with E-state index in [-0.39, 0.29) is 16.9 Å². The first kappa shape index (κ1) is 15.4. The molecule has 3 nitrogen and oxygen atoms in total. The summed E-state index contributed by atoms with van der Waals surface area (Å²) in [5.41, 5.74) is 2.70. The zero-order valence-corrected chi connectivity index (χ0v) is 12.9. The van der Waals surface area contributed by atoms with E-state index in [0.29, 0.717) is 5.56 Å². The van der Waals surface area contributed by atoms with Crippen molar-refractivity contribution < 1.29 is 9.00 Å². The number of hydrogen-bond acceptors (Lipinski definition) is 2. The number of hydrogen-bond donors (Lipinski definition) is 0. The van der Waals surface area contributed by atoms with Crippen molar-refractivity contribution in [1.29, 1.82) is 0 Å². The number of ketones is 1. The summed E-state index contributed by atoms with van der Waals surface area (Å²) in [7, 11) is -0.802. The number of aromatic nitrogens is 1. The largest absolute Gasteiger partial charge is 0.348 e. The number of alkyl halides is 1. The molecular weight excluding hydrogens is 270 g/mol. The molecule has 0 saturated heterocycles. The first-order chi connectivity index (χ1) is 8.38. The predicted molar refractivity (Wildman–Crippen MR) is 77.1 cm³/mol. The van der Waals surface area contributed by atoms with Crippen LogP contribution in [-0.4, -0.2) is 31.9 Å². The maximum atomic E-state index is 11.7. The normalized spacial score (nSPS) is 14.5. The molecule has 2 atom stereocenters. The van der Waals surface area contributed by atoms with E-state index in [9.17, 15) is 9.00 Å². The van der Waals surface area contributed by atoms with Gasteiger partial charge >= 0.3 is 0 Å². The second kappa shape index (κ2) is 6.53. The van der Waals surface area contributed by atoms with Crippen molar-refractivity contribution >= 4 is 28.2 Å². The third kappa shape index (κ3) is 3.45. The highest BCUT2D eigenvalue weighted by Crippen LogP contribution is 2.17. The molecular formula is C13H20ClNO2S. The minimum absolute atomic E-state index is 0.0136. The van der Waals surface area contributed by atoms with Crippen LogP contribution < -0.4 is 0 Å². The molecule has 1 heterocycles. The van der Waals surface area contributed by atoms with Crippen LogP contribution in [0.15, 0.2) is 6.07 Å². The van der Waals surface area contributed by atoms with Crippen LogP contribution in [0.1, 0.15) is 35.1 Å². The van der Waals surface area contributed by atoms with E-state index in [0.717, 1.165) is 24.4 Å². The standard InChI is InChI=1S/C13H20ClNO2S/c1-9-7-12(13(16)8-14)11(3)15(9)6-5-10(2)18(4)17/h7,10H,5-6,8H2,1-4H3. The minimum atomic E-state index is -0.802. The molecule has 2 unspecified atom stereocenters. The van der Waals surface area contributed by atoms with Crippen molar-refractivity contribution in [3.8, 4) is 0 Å². The van der Waals surface area contributed by atoms with Gasteiger partial charge in [0, 0.05) is 45.8 Å². The molecule has 0 bridgehead atoms. The Hall–Kier alpha value is -0.610. The second-order valence-electron chi connectivity index (χ2n) is 4.59. The molecule has 0 spiro atoms. The van der Waals surface area contributed by atoms with Crippen molar-refractivity contribution in [3.63, 3.8) is 0 Å². The van der Waals surface area contributed by atoms with Crippen LogP contribution in [0.25, 0.3) is 0 Å². The molecule has 0 radical (unpaired) electrons. The van der Waals surface area contributed by atoms with Gasteiger partial charge in [-0.25, -0.2) is 0 Å². The maximum Gasteiger partial charge on any atom is 0.179 e. The lowest BCUT2D eigenvalue weighted by atomic mass is 10.2. The molecule has 1 rings (SSSR count). The van der Waals surface area contributed by atoms with Gasteiger partial charge in [0.05, 0.1) is 5.88 Å². The molecule has 0 aliphatic carbocycles. The van der Waals surface area contributed by atoms with Crippen molar-refractivity contribution in [2.24, 2.45) is 0 Å². The van der Waals surface area contributed by atoms with Crippen molar-refractivity contribution in [2.45, 2.75) is 39.0 Å². The Morgan fingerprint density at radius 1 is 1.50 bits per heavy atom. The fraction of sp³-hybridized carbons (Fsp3) is 0.615. The van der Waals surface area contributed by atoms with Crippen LogP contribution in [0, 0.1) is 13.8 Å². The van der Waals surface area contributed by atoms with Crippen molar-refractivity contribution in [3.05, 3.63) is 23.0 Å². The summed E-state index contributed by atoms with van der Waals surface area (Å²) in [6.07, 6.45) is 2.57. The lowest BCUT2D eigenvalue weighted by Gasteiger charge is -2.12. The predicted octanol–water partition coefficient (Wildman–Crippen LogP) is 2.68. The van der Waals surface area contributed by atoms with Gasteiger partial charge in [-0.3, -0.25) is 9.00 Å². The van der Waals surface area contributed by atoms with Gasteiger partial charge in [0.1, 0.15) is 0 Å². The Morgan fingerprint density at radius 2 is 2.11 bits per heavy atom. The van der Waals surface area contributed by atoms with Crippen LogP contribution in [0.4, 0.5) is 0 Å². The lowest BCUT2D eigenvalue weighted by molar-refractivity contribution is 0.102. The summed E-state index contributed by atoms with van der Waals surface area (Å²) in [5.74, 6) is -0.0252. The average molecular weight is 290 g/mol. The highest BCUT2D eigenvalue weighted by molar-refractivity contribution is 7.84. The molecule has 0 aromatic carbocycles. The van der Waals surface area contributed by atoms with Crippen molar-refractivity contribution in [2.75, 3.05) is 12.1 Å². The fourth-order valence-electron chi connectivity index (χ4n) is 1.98. The van der Waals surface area contributed by atoms with Gasteiger partial charge in [-0.1, -0.05) is 6.92 Å². The van der Waals surface area contributed by atoms with Gasteiger partial charge in [0.25, 0.3) is 0 Å². The smallest absolute Gasteiger partial charge is 0.179 e. The van der Waals surface area contributed by atoms with Crippen molar-refractivity contribution in [1.82, 2.24) is 4.57 Å². The summed E-state index contributed by atoms with van der Waals surface area (Å²) in [6, 6.07) is 1.88. The number of carbonyl (C=O) groups is 1. The Balaban J connectivity index is 2.87. The molecule has 18 heavy (non-hydrogen) atoms. The molecule has 0 saturated carbocycles. The first-order valence-corrected chi connectivity index (χ1v) is 8.12. The minimum Gasteiger partial charge on any atom is -0.348 e. The van der Waals surface area contributed by atoms with Gasteiger partial charge in [-0.15, -0.1) is 11.6 Å². The maximum absolute atomic E-state index is 11.7. The van der Waals surface area contributed by atoms with E-state index in [1.807, 2.05) is 26.8 Å². The summed E-state index contributed by atoms with van der Waals surface area (Å²) in [4.78, 5) is 11.7. The van der Waals surface area contributed by atoms with Gasteiger partial charge in [0.15, 0.2) is 5.78 Å². The van der Waals surface area contributed by atoms with Gasteiger partial charge in [-0.2, -0.15) is 0 Å². The topological polar surface area (TPSA) is 39.1 Å². The van der Waals surface area contributed by atoms with Gasteiger partial charge in [0.2, 0.25) is 0 Å². The Morgan fingerprint density at radius 3 is 2.61 bits per heavy atom. The SMILES string of the molecule is Cc1cc(C(=O)CCl)c(C)n1CCC(C)S(C)=O. The second-order valence-corrected chi connectivity index (χ2v) is 6.66. The zero-order valence-electron chi connectivity index (χ0n) is 11.3. The number of halogens is 1. The average Bonchev–Trinajstić information content (AvgIpc) is 2.61. The van der Waals surface area contributed by atoms with Crippen LogP contribution in [0.5, 0.6) is 0 Å². The Labute approximate surface area is 116 Å². The lowest BCUT2D eigenvalue weighted by Crippen LogP contribution is -2.14. The monoisotopic (exact) mass is 289 g/mol. The molecule has 102 valence electrons. The van der Waals surface area contributed by atoms with E-state index in [4.69, 9.17) is 11.6 Å². The molecule has 0 amide bonds. The van der Waals surface area contributed by atoms with Gasteiger partial charge in [-0.05, 0) is 26.3 Å². The van der Waals surface area contributed by atoms with Crippen LogP contribution in [0.2, 0.25) is 0 Å².